The molecule has 6 nitrogen and oxygen atoms in total. The first kappa shape index (κ1) is 35.5. The number of carbonyl (C=O) groups excluding carboxylic acids is 1. The molecule has 3 aromatic rings. The third-order valence-electron chi connectivity index (χ3n) is 16.3. The maximum atomic E-state index is 14.8. The van der Waals surface area contributed by atoms with Gasteiger partial charge in [0.05, 0.1) is 5.41 Å². The molecule has 1 heterocycles. The van der Waals surface area contributed by atoms with Gasteiger partial charge in [0.2, 0.25) is 0 Å². The summed E-state index contributed by atoms with van der Waals surface area (Å²) >= 11 is 0. The largest absolute Gasteiger partial charge is 0.460 e. The highest BCUT2D eigenvalue weighted by molar-refractivity contribution is 5.82. The third-order valence-corrected chi connectivity index (χ3v) is 16.3. The quantitative estimate of drug-likeness (QED) is 0.259. The van der Waals surface area contributed by atoms with Crippen molar-refractivity contribution in [1.82, 2.24) is 10.2 Å². The number of nitrogens with two attached hydrogens (primary N) is 1. The lowest BCUT2D eigenvalue weighted by atomic mass is 9.33. The Kier molecular flexibility index (Phi) is 8.00. The zero-order chi connectivity index (χ0) is 37.1. The second kappa shape index (κ2) is 11.7. The molecular weight excluding hydrogens is 641 g/mol. The van der Waals surface area contributed by atoms with Gasteiger partial charge in [0.1, 0.15) is 12.4 Å². The van der Waals surface area contributed by atoms with E-state index >= 15 is 0 Å². The summed E-state index contributed by atoms with van der Waals surface area (Å²) in [5, 5.41) is 7.97. The van der Waals surface area contributed by atoms with E-state index in [1.807, 2.05) is 18.2 Å². The number of carbonyl (C=O) groups is 1. The fraction of sp³-hybridized carbons (Fsp3) is 0.609. The summed E-state index contributed by atoms with van der Waals surface area (Å²) in [6, 6.07) is 19.5. The van der Waals surface area contributed by atoms with Crippen LogP contribution in [0.25, 0.3) is 5.57 Å². The average molecular weight is 703 g/mol. The Balaban J connectivity index is 1.31. The van der Waals surface area contributed by atoms with Gasteiger partial charge in [-0.2, -0.15) is 5.10 Å². The van der Waals surface area contributed by atoms with E-state index in [0.29, 0.717) is 24.3 Å². The Bertz CT molecular complexity index is 1910. The van der Waals surface area contributed by atoms with Crippen LogP contribution in [0, 0.1) is 44.8 Å². The van der Waals surface area contributed by atoms with Crippen LogP contribution in [0.2, 0.25) is 0 Å². The lowest BCUT2D eigenvalue weighted by Crippen LogP contribution is -2.65. The van der Waals surface area contributed by atoms with Gasteiger partial charge < -0.3 is 15.4 Å². The highest BCUT2D eigenvalue weighted by Gasteiger charge is 2.70. The highest BCUT2D eigenvalue weighted by atomic mass is 16.5. The summed E-state index contributed by atoms with van der Waals surface area (Å²) < 4.78 is 6.38. The standard InChI is InChI=1S/C46H62N4O2/c1-41(2)21-23-46(40(51)52-28-29-13-11-10-12-14-29)24-22-45(7)37(34(46)27-41)32(30-15-17-31(18-16-30)50(8)9)25-36-43(5)26-33-38(48-49-39(33)47)42(3,4)35(43)19-20-44(36,45)6/h10-18,34-36H,19-28H2,1-9H3,(H3,47,48,49)/t34?,35?,36?,43-,44+,45+,46-/m0/s1. The molecule has 5 aliphatic rings. The van der Waals surface area contributed by atoms with Crippen LogP contribution < -0.4 is 10.6 Å². The zero-order valence-electron chi connectivity index (χ0n) is 33.3. The van der Waals surface area contributed by atoms with Crippen molar-refractivity contribution in [1.29, 1.82) is 0 Å². The molecule has 3 unspecified atom stereocenters. The number of anilines is 2. The summed E-state index contributed by atoms with van der Waals surface area (Å²) in [6.45, 7) is 17.9. The molecule has 0 spiro atoms. The van der Waals surface area contributed by atoms with Crippen LogP contribution in [0.1, 0.15) is 122 Å². The summed E-state index contributed by atoms with van der Waals surface area (Å²) in [5.41, 5.74) is 15.4. The Labute approximate surface area is 312 Å². The van der Waals surface area contributed by atoms with Gasteiger partial charge in [-0.05, 0) is 126 Å². The van der Waals surface area contributed by atoms with Crippen LogP contribution in [-0.4, -0.2) is 30.3 Å². The molecule has 0 radical (unpaired) electrons. The predicted molar refractivity (Wildman–Crippen MR) is 212 cm³/mol. The first-order valence-electron chi connectivity index (χ1n) is 20.0. The number of H-pyrrole nitrogens is 1. The van der Waals surface area contributed by atoms with Gasteiger partial charge in [0.15, 0.2) is 0 Å². The number of allylic oxidation sites excluding steroid dienone is 2. The molecular formula is C46H62N4O2. The van der Waals surface area contributed by atoms with E-state index in [9.17, 15) is 4.79 Å². The van der Waals surface area contributed by atoms with Gasteiger partial charge in [0.25, 0.3) is 0 Å². The van der Waals surface area contributed by atoms with Crippen molar-refractivity contribution < 1.29 is 9.53 Å². The summed E-state index contributed by atoms with van der Waals surface area (Å²) in [5.74, 6) is 1.80. The van der Waals surface area contributed by atoms with E-state index in [-0.39, 0.29) is 39.0 Å². The number of esters is 1. The van der Waals surface area contributed by atoms with Crippen molar-refractivity contribution in [3.8, 4) is 0 Å². The number of ether oxygens (including phenoxy) is 1. The summed E-state index contributed by atoms with van der Waals surface area (Å²) in [6.07, 6.45) is 9.20. The molecule has 7 atom stereocenters. The topological polar surface area (TPSA) is 84.2 Å². The number of hydrogen-bond donors (Lipinski definition) is 2. The fourth-order valence-electron chi connectivity index (χ4n) is 13.3. The smallest absolute Gasteiger partial charge is 0.313 e. The van der Waals surface area contributed by atoms with Crippen LogP contribution in [0.3, 0.4) is 0 Å². The SMILES string of the molecule is CN(C)c1ccc(C2=C3C4CC(C)(C)CC[C@]4(C(=O)OCc4ccccc4)CC[C@@]3(C)[C@]3(C)CCC4C(C)(C)c5[nH]nc(N)c5C[C@]4(C)C3C2)cc1. The monoisotopic (exact) mass is 702 g/mol. The normalized spacial score (nSPS) is 35.7. The van der Waals surface area contributed by atoms with Gasteiger partial charge in [-0.1, -0.05) is 96.5 Å². The summed E-state index contributed by atoms with van der Waals surface area (Å²) in [4.78, 5) is 17.0. The molecule has 0 bridgehead atoms. The highest BCUT2D eigenvalue weighted by Crippen LogP contribution is 2.77. The number of nitrogen functional groups attached to an aromatic ring is 1. The second-order valence-electron chi connectivity index (χ2n) is 19.9. The van der Waals surface area contributed by atoms with Gasteiger partial charge in [-0.3, -0.25) is 9.89 Å². The van der Waals surface area contributed by atoms with Crippen molar-refractivity contribution in [3.05, 3.63) is 82.6 Å². The summed E-state index contributed by atoms with van der Waals surface area (Å²) in [7, 11) is 4.23. The molecule has 0 aliphatic heterocycles. The van der Waals surface area contributed by atoms with Crippen molar-refractivity contribution in [3.63, 3.8) is 0 Å². The maximum absolute atomic E-state index is 14.8. The van der Waals surface area contributed by atoms with Crippen LogP contribution in [0.4, 0.5) is 11.5 Å². The fourth-order valence-corrected chi connectivity index (χ4v) is 13.3. The second-order valence-corrected chi connectivity index (χ2v) is 19.9. The number of benzene rings is 2. The third kappa shape index (κ3) is 4.94. The molecule has 1 aromatic heterocycles. The van der Waals surface area contributed by atoms with Crippen molar-refractivity contribution in [2.75, 3.05) is 24.7 Å². The number of aromatic amines is 1. The molecule has 52 heavy (non-hydrogen) atoms. The van der Waals surface area contributed by atoms with E-state index in [2.05, 4.69) is 114 Å². The van der Waals surface area contributed by atoms with E-state index in [4.69, 9.17) is 10.5 Å². The van der Waals surface area contributed by atoms with Crippen molar-refractivity contribution in [2.24, 2.45) is 44.8 Å². The molecule has 278 valence electrons. The Morgan fingerprint density at radius 1 is 0.904 bits per heavy atom. The van der Waals surface area contributed by atoms with E-state index < -0.39 is 5.41 Å². The van der Waals surface area contributed by atoms with Gasteiger partial charge >= 0.3 is 5.97 Å². The van der Waals surface area contributed by atoms with Gasteiger partial charge in [-0.25, -0.2) is 0 Å². The van der Waals surface area contributed by atoms with E-state index in [0.717, 1.165) is 50.5 Å². The molecule has 5 aliphatic carbocycles. The molecule has 2 aromatic carbocycles. The lowest BCUT2D eigenvalue weighted by molar-refractivity contribution is -0.181. The van der Waals surface area contributed by atoms with E-state index in [1.54, 1.807) is 5.57 Å². The van der Waals surface area contributed by atoms with Crippen molar-refractivity contribution >= 4 is 23.0 Å². The van der Waals surface area contributed by atoms with Crippen LogP contribution >= 0.6 is 0 Å². The number of rotatable bonds is 5. The molecule has 3 fully saturated rings. The minimum atomic E-state index is -0.509. The number of nitrogens with zero attached hydrogens (tertiary/aromatic N) is 2. The van der Waals surface area contributed by atoms with E-state index in [1.165, 1.54) is 40.9 Å². The molecule has 3 saturated carbocycles. The minimum Gasteiger partial charge on any atom is -0.460 e. The predicted octanol–water partition coefficient (Wildman–Crippen LogP) is 10.1. The van der Waals surface area contributed by atoms with Gasteiger partial charge in [-0.15, -0.1) is 0 Å². The van der Waals surface area contributed by atoms with Crippen LogP contribution in [-0.2, 0) is 28.0 Å². The Hall–Kier alpha value is -3.54. The molecule has 0 amide bonds. The zero-order valence-corrected chi connectivity index (χ0v) is 33.3. The molecule has 0 saturated heterocycles. The van der Waals surface area contributed by atoms with Gasteiger partial charge in [0, 0.05) is 36.5 Å². The van der Waals surface area contributed by atoms with Crippen LogP contribution in [0.15, 0.2) is 60.2 Å². The first-order chi connectivity index (χ1) is 24.5. The maximum Gasteiger partial charge on any atom is 0.313 e. The van der Waals surface area contributed by atoms with Crippen molar-refractivity contribution in [2.45, 2.75) is 118 Å². The number of hydrogen-bond acceptors (Lipinski definition) is 5. The lowest BCUT2D eigenvalue weighted by Gasteiger charge is -2.71. The Morgan fingerprint density at radius 3 is 2.29 bits per heavy atom. The number of fused-ring (bicyclic) bond motifs is 8. The molecule has 3 N–H and O–H groups in total. The number of aromatic nitrogens is 2. The molecule has 8 rings (SSSR count). The van der Waals surface area contributed by atoms with Crippen LogP contribution in [0.5, 0.6) is 0 Å². The molecule has 6 heteroatoms. The first-order valence-corrected chi connectivity index (χ1v) is 20.0. The average Bonchev–Trinajstić information content (AvgIpc) is 3.47. The Morgan fingerprint density at radius 2 is 1.60 bits per heavy atom. The number of nitrogens with one attached hydrogen (secondary N) is 1. The minimum absolute atomic E-state index is 0.0219.